The Labute approximate surface area is 82.5 Å². The van der Waals surface area contributed by atoms with E-state index < -0.39 is 0 Å². The van der Waals surface area contributed by atoms with Crippen molar-refractivity contribution in [2.24, 2.45) is 0 Å². The van der Waals surface area contributed by atoms with Gasteiger partial charge in [0.2, 0.25) is 0 Å². The summed E-state index contributed by atoms with van der Waals surface area (Å²) in [5.41, 5.74) is 0. The van der Waals surface area contributed by atoms with Crippen molar-refractivity contribution in [2.75, 3.05) is 0 Å². The van der Waals surface area contributed by atoms with E-state index in [1.807, 2.05) is 0 Å². The van der Waals surface area contributed by atoms with Crippen LogP contribution in [0, 0.1) is 0 Å². The van der Waals surface area contributed by atoms with Crippen molar-refractivity contribution in [1.82, 2.24) is 0 Å². The summed E-state index contributed by atoms with van der Waals surface area (Å²) in [6.45, 7) is 1.45. The maximum atomic E-state index is 10.9. The number of rotatable bonds is 1. The lowest BCUT2D eigenvalue weighted by Crippen LogP contribution is -2.47. The second kappa shape index (κ2) is 2.94. The Kier molecular flexibility index (Phi) is 1.82. The standard InChI is InChI=1S/C10H14O4/c1-5(11)12-6-2-3-7-10-9(14-10)4-8(6)13-7/h6-10H,2-4H2,1H3/t6-,7-,8-,9-,10+/m0/s1. The van der Waals surface area contributed by atoms with Gasteiger partial charge in [-0.05, 0) is 12.8 Å². The number of fused-ring (bicyclic) bond motifs is 4. The molecule has 0 N–H and O–H groups in total. The van der Waals surface area contributed by atoms with E-state index in [0.29, 0.717) is 12.2 Å². The van der Waals surface area contributed by atoms with Crippen molar-refractivity contribution >= 4 is 5.97 Å². The Bertz CT molecular complexity index is 265. The van der Waals surface area contributed by atoms with Gasteiger partial charge in [0.25, 0.3) is 0 Å². The SMILES string of the molecule is CC(=O)O[C@H]1CC[C@@H]2O[C@H]1C[C@@H]1O[C@@H]12. The molecule has 0 unspecified atom stereocenters. The Morgan fingerprint density at radius 2 is 2.07 bits per heavy atom. The third kappa shape index (κ3) is 1.33. The average Bonchev–Trinajstić information content (AvgIpc) is 2.88. The Balaban J connectivity index is 1.68. The van der Waals surface area contributed by atoms with Crippen molar-refractivity contribution in [2.45, 2.75) is 56.7 Å². The second-order valence-electron chi connectivity index (χ2n) is 4.31. The van der Waals surface area contributed by atoms with Crippen LogP contribution < -0.4 is 0 Å². The maximum absolute atomic E-state index is 10.9. The lowest BCUT2D eigenvalue weighted by molar-refractivity contribution is -0.174. The summed E-state index contributed by atoms with van der Waals surface area (Å²) in [6, 6.07) is 0. The van der Waals surface area contributed by atoms with E-state index in [0.717, 1.165) is 19.3 Å². The van der Waals surface area contributed by atoms with Gasteiger partial charge in [0, 0.05) is 13.3 Å². The molecule has 2 bridgehead atoms. The summed E-state index contributed by atoms with van der Waals surface area (Å²) < 4.78 is 16.5. The normalized spacial score (nSPS) is 49.4. The summed E-state index contributed by atoms with van der Waals surface area (Å²) in [5.74, 6) is -0.212. The molecule has 3 rings (SSSR count). The number of epoxide rings is 1. The molecular weight excluding hydrogens is 184 g/mol. The Morgan fingerprint density at radius 3 is 2.86 bits per heavy atom. The van der Waals surface area contributed by atoms with Gasteiger partial charge in [0.1, 0.15) is 12.2 Å². The average molecular weight is 198 g/mol. The minimum absolute atomic E-state index is 0.0473. The van der Waals surface area contributed by atoms with Gasteiger partial charge in [-0.2, -0.15) is 0 Å². The van der Waals surface area contributed by atoms with Crippen LogP contribution in [0.5, 0.6) is 0 Å². The van der Waals surface area contributed by atoms with Gasteiger partial charge >= 0.3 is 5.97 Å². The van der Waals surface area contributed by atoms with E-state index in [9.17, 15) is 4.79 Å². The van der Waals surface area contributed by atoms with E-state index in [1.165, 1.54) is 6.92 Å². The molecule has 5 atom stereocenters. The van der Waals surface area contributed by atoms with Gasteiger partial charge in [-0.1, -0.05) is 0 Å². The molecule has 0 amide bonds. The van der Waals surface area contributed by atoms with E-state index in [2.05, 4.69) is 0 Å². The molecule has 3 aliphatic heterocycles. The first-order valence-corrected chi connectivity index (χ1v) is 5.22. The zero-order chi connectivity index (χ0) is 9.71. The zero-order valence-electron chi connectivity index (χ0n) is 8.14. The summed E-state index contributed by atoms with van der Waals surface area (Å²) in [4.78, 5) is 10.9. The fourth-order valence-electron chi connectivity index (χ4n) is 2.59. The molecule has 0 aliphatic carbocycles. The molecule has 4 heteroatoms. The van der Waals surface area contributed by atoms with Crippen molar-refractivity contribution in [1.29, 1.82) is 0 Å². The summed E-state index contributed by atoms with van der Waals surface area (Å²) in [7, 11) is 0. The monoisotopic (exact) mass is 198 g/mol. The van der Waals surface area contributed by atoms with E-state index >= 15 is 0 Å². The van der Waals surface area contributed by atoms with Gasteiger partial charge in [0.15, 0.2) is 0 Å². The maximum Gasteiger partial charge on any atom is 0.302 e. The van der Waals surface area contributed by atoms with Crippen LogP contribution in [0.25, 0.3) is 0 Å². The number of carbonyl (C=O) groups excluding carboxylic acids is 1. The van der Waals surface area contributed by atoms with E-state index in [-0.39, 0.29) is 24.3 Å². The predicted octanol–water partition coefficient (Wildman–Crippen LogP) is 0.637. The van der Waals surface area contributed by atoms with E-state index in [1.54, 1.807) is 0 Å². The lowest BCUT2D eigenvalue weighted by atomic mass is 9.90. The van der Waals surface area contributed by atoms with Crippen LogP contribution in [0.3, 0.4) is 0 Å². The molecule has 0 aromatic heterocycles. The topological polar surface area (TPSA) is 48.1 Å². The molecule has 0 aromatic rings. The van der Waals surface area contributed by atoms with Gasteiger partial charge in [0.05, 0.1) is 18.3 Å². The largest absolute Gasteiger partial charge is 0.460 e. The highest BCUT2D eigenvalue weighted by molar-refractivity contribution is 5.66. The number of carbonyl (C=O) groups is 1. The third-order valence-electron chi connectivity index (χ3n) is 3.27. The van der Waals surface area contributed by atoms with Crippen molar-refractivity contribution in [3.05, 3.63) is 0 Å². The van der Waals surface area contributed by atoms with Crippen LogP contribution in [0.15, 0.2) is 0 Å². The summed E-state index contributed by atoms with van der Waals surface area (Å²) in [5, 5.41) is 0. The Morgan fingerprint density at radius 1 is 1.21 bits per heavy atom. The number of esters is 1. The molecular formula is C10H14O4. The minimum Gasteiger partial charge on any atom is -0.460 e. The second-order valence-corrected chi connectivity index (χ2v) is 4.31. The van der Waals surface area contributed by atoms with Crippen LogP contribution in [-0.2, 0) is 19.0 Å². The number of hydrogen-bond acceptors (Lipinski definition) is 4. The van der Waals surface area contributed by atoms with Gasteiger partial charge in [-0.15, -0.1) is 0 Å². The predicted molar refractivity (Wildman–Crippen MR) is 46.7 cm³/mol. The minimum atomic E-state index is -0.212. The molecule has 14 heavy (non-hydrogen) atoms. The molecule has 0 spiro atoms. The highest BCUT2D eigenvalue weighted by Crippen LogP contribution is 2.43. The first-order valence-electron chi connectivity index (χ1n) is 5.22. The molecule has 0 saturated carbocycles. The number of ether oxygens (including phenoxy) is 3. The third-order valence-corrected chi connectivity index (χ3v) is 3.27. The molecule has 4 nitrogen and oxygen atoms in total. The quantitative estimate of drug-likeness (QED) is 0.458. The van der Waals surface area contributed by atoms with Crippen LogP contribution in [-0.4, -0.2) is 36.5 Å². The lowest BCUT2D eigenvalue weighted by Gasteiger charge is -2.37. The van der Waals surface area contributed by atoms with Crippen molar-refractivity contribution in [3.63, 3.8) is 0 Å². The first-order chi connectivity index (χ1) is 6.74. The van der Waals surface area contributed by atoms with Gasteiger partial charge < -0.3 is 14.2 Å². The van der Waals surface area contributed by atoms with Crippen molar-refractivity contribution in [3.8, 4) is 0 Å². The fraction of sp³-hybridized carbons (Fsp3) is 0.900. The van der Waals surface area contributed by atoms with Gasteiger partial charge in [-0.3, -0.25) is 4.79 Å². The van der Waals surface area contributed by atoms with Crippen LogP contribution in [0.2, 0.25) is 0 Å². The number of hydrogen-bond donors (Lipinski definition) is 0. The highest BCUT2D eigenvalue weighted by atomic mass is 16.6. The molecule has 0 radical (unpaired) electrons. The summed E-state index contributed by atoms with van der Waals surface area (Å²) in [6.07, 6.45) is 3.75. The smallest absolute Gasteiger partial charge is 0.302 e. The molecule has 78 valence electrons. The van der Waals surface area contributed by atoms with E-state index in [4.69, 9.17) is 14.2 Å². The summed E-state index contributed by atoms with van der Waals surface area (Å²) >= 11 is 0. The first kappa shape index (κ1) is 8.68. The van der Waals surface area contributed by atoms with Gasteiger partial charge in [-0.25, -0.2) is 0 Å². The fourth-order valence-corrected chi connectivity index (χ4v) is 2.59. The molecule has 3 heterocycles. The van der Waals surface area contributed by atoms with Crippen LogP contribution in [0.4, 0.5) is 0 Å². The molecule has 3 saturated heterocycles. The van der Waals surface area contributed by atoms with Crippen LogP contribution >= 0.6 is 0 Å². The highest BCUT2D eigenvalue weighted by Gasteiger charge is 2.55. The zero-order valence-corrected chi connectivity index (χ0v) is 8.14. The Hall–Kier alpha value is -0.610. The van der Waals surface area contributed by atoms with Crippen LogP contribution in [0.1, 0.15) is 26.2 Å². The van der Waals surface area contributed by atoms with Crippen molar-refractivity contribution < 1.29 is 19.0 Å². The molecule has 3 aliphatic rings. The molecule has 0 aromatic carbocycles. The molecule has 3 fully saturated rings.